The number of hydrogen-bond acceptors (Lipinski definition) is 3. The largest absolute Gasteiger partial charge is 0.368 e. The van der Waals surface area contributed by atoms with Crippen LogP contribution in [-0.4, -0.2) is 25.0 Å². The second-order valence-electron chi connectivity index (χ2n) is 5.32. The number of carbonyl (C=O) groups is 2. The molecule has 2 atom stereocenters. The quantitative estimate of drug-likeness (QED) is 0.760. The van der Waals surface area contributed by atoms with Crippen LogP contribution >= 0.6 is 15.9 Å². The van der Waals surface area contributed by atoms with Gasteiger partial charge in [-0.15, -0.1) is 0 Å². The van der Waals surface area contributed by atoms with Crippen molar-refractivity contribution in [3.05, 3.63) is 70.2 Å². The Kier molecular flexibility index (Phi) is 6.52. The Hall–Kier alpha value is -2.18. The first-order valence-corrected chi connectivity index (χ1v) is 8.22. The van der Waals surface area contributed by atoms with Gasteiger partial charge in [-0.1, -0.05) is 58.4 Å². The van der Waals surface area contributed by atoms with Gasteiger partial charge in [-0.3, -0.25) is 9.59 Å². The third-order valence-corrected chi connectivity index (χ3v) is 4.06. The lowest BCUT2D eigenvalue weighted by Crippen LogP contribution is -2.47. The Labute approximate surface area is 149 Å². The van der Waals surface area contributed by atoms with Crippen LogP contribution in [0.3, 0.4) is 0 Å². The van der Waals surface area contributed by atoms with Gasteiger partial charge in [0, 0.05) is 18.0 Å². The Morgan fingerprint density at radius 1 is 1.17 bits per heavy atom. The van der Waals surface area contributed by atoms with E-state index in [0.29, 0.717) is 12.0 Å². The molecule has 0 unspecified atom stereocenters. The second kappa shape index (κ2) is 8.61. The van der Waals surface area contributed by atoms with Gasteiger partial charge >= 0.3 is 0 Å². The average Bonchev–Trinajstić information content (AvgIpc) is 2.56. The second-order valence-corrected chi connectivity index (χ2v) is 6.24. The number of amides is 2. The predicted molar refractivity (Wildman–Crippen MR) is 95.2 cm³/mol. The maximum absolute atomic E-state index is 12.5. The molecule has 0 bridgehead atoms. The molecule has 126 valence electrons. The van der Waals surface area contributed by atoms with Crippen LogP contribution in [0, 0.1) is 0 Å². The van der Waals surface area contributed by atoms with Crippen LogP contribution in [0.1, 0.15) is 17.2 Å². The number of ether oxygens (including phenoxy) is 1. The van der Waals surface area contributed by atoms with E-state index < -0.39 is 24.0 Å². The van der Waals surface area contributed by atoms with Crippen molar-refractivity contribution in [2.24, 2.45) is 5.73 Å². The summed E-state index contributed by atoms with van der Waals surface area (Å²) in [5.41, 5.74) is 7.05. The molecular formula is C18H19BrN2O3. The molecule has 0 saturated heterocycles. The number of carbonyl (C=O) groups excluding carboxylic acids is 2. The van der Waals surface area contributed by atoms with E-state index >= 15 is 0 Å². The van der Waals surface area contributed by atoms with Crippen molar-refractivity contribution in [1.82, 2.24) is 5.32 Å². The molecule has 0 radical (unpaired) electrons. The van der Waals surface area contributed by atoms with Crippen LogP contribution in [0.4, 0.5) is 0 Å². The summed E-state index contributed by atoms with van der Waals surface area (Å²) in [7, 11) is 1.45. The van der Waals surface area contributed by atoms with Crippen molar-refractivity contribution in [2.45, 2.75) is 18.6 Å². The molecule has 0 heterocycles. The van der Waals surface area contributed by atoms with E-state index in [1.165, 1.54) is 7.11 Å². The van der Waals surface area contributed by atoms with Gasteiger partial charge in [0.05, 0.1) is 0 Å². The summed E-state index contributed by atoms with van der Waals surface area (Å²) in [5, 5.41) is 2.68. The van der Waals surface area contributed by atoms with Crippen LogP contribution in [0.25, 0.3) is 0 Å². The van der Waals surface area contributed by atoms with Gasteiger partial charge in [0.25, 0.3) is 5.91 Å². The van der Waals surface area contributed by atoms with Crippen molar-refractivity contribution >= 4 is 27.7 Å². The van der Waals surface area contributed by atoms with Crippen molar-refractivity contribution in [2.75, 3.05) is 7.11 Å². The third-order valence-electron chi connectivity index (χ3n) is 3.56. The predicted octanol–water partition coefficient (Wildman–Crippen LogP) is 2.35. The van der Waals surface area contributed by atoms with Crippen LogP contribution < -0.4 is 11.1 Å². The van der Waals surface area contributed by atoms with Gasteiger partial charge in [-0.05, 0) is 23.3 Å². The molecule has 2 aromatic carbocycles. The lowest BCUT2D eigenvalue weighted by molar-refractivity contribution is -0.134. The molecule has 5 nitrogen and oxygen atoms in total. The fourth-order valence-electron chi connectivity index (χ4n) is 2.39. The standard InChI is InChI=1S/C18H19BrN2O3/c1-24-16(13-7-3-2-4-8-13)18(23)21-15(17(20)22)11-12-6-5-9-14(19)10-12/h2-10,15-16H,11H2,1H3,(H2,20,22)(H,21,23)/t15-,16-/m0/s1. The minimum atomic E-state index is -0.812. The topological polar surface area (TPSA) is 81.4 Å². The van der Waals surface area contributed by atoms with Crippen molar-refractivity contribution in [3.63, 3.8) is 0 Å². The van der Waals surface area contributed by atoms with Crippen LogP contribution in [0.15, 0.2) is 59.1 Å². The van der Waals surface area contributed by atoms with E-state index in [1.807, 2.05) is 42.5 Å². The fraction of sp³-hybridized carbons (Fsp3) is 0.222. The molecule has 0 aliphatic rings. The van der Waals surface area contributed by atoms with E-state index in [1.54, 1.807) is 12.1 Å². The van der Waals surface area contributed by atoms with Gasteiger partial charge in [-0.2, -0.15) is 0 Å². The van der Waals surface area contributed by atoms with Gasteiger partial charge < -0.3 is 15.8 Å². The molecule has 0 aromatic heterocycles. The first kappa shape index (κ1) is 18.2. The van der Waals surface area contributed by atoms with Crippen molar-refractivity contribution < 1.29 is 14.3 Å². The first-order valence-electron chi connectivity index (χ1n) is 7.43. The molecule has 0 spiro atoms. The molecule has 2 aromatic rings. The van der Waals surface area contributed by atoms with E-state index in [0.717, 1.165) is 10.0 Å². The molecular weight excluding hydrogens is 372 g/mol. The Balaban J connectivity index is 2.11. The Morgan fingerprint density at radius 2 is 1.88 bits per heavy atom. The van der Waals surface area contributed by atoms with E-state index in [-0.39, 0.29) is 0 Å². The van der Waals surface area contributed by atoms with Crippen molar-refractivity contribution in [3.8, 4) is 0 Å². The lowest BCUT2D eigenvalue weighted by atomic mass is 10.0. The fourth-order valence-corrected chi connectivity index (χ4v) is 2.84. The summed E-state index contributed by atoms with van der Waals surface area (Å²) in [6.07, 6.45) is -0.485. The highest BCUT2D eigenvalue weighted by atomic mass is 79.9. The molecule has 24 heavy (non-hydrogen) atoms. The van der Waals surface area contributed by atoms with E-state index in [9.17, 15) is 9.59 Å². The zero-order valence-corrected chi connectivity index (χ0v) is 14.8. The zero-order chi connectivity index (χ0) is 17.5. The molecule has 2 rings (SSSR count). The SMILES string of the molecule is CO[C@H](C(=O)N[C@@H](Cc1cccc(Br)c1)C(N)=O)c1ccccc1. The summed E-state index contributed by atoms with van der Waals surface area (Å²) in [6, 6.07) is 15.8. The Morgan fingerprint density at radius 3 is 2.46 bits per heavy atom. The Bertz CT molecular complexity index is 706. The molecule has 6 heteroatoms. The number of hydrogen-bond donors (Lipinski definition) is 2. The molecule has 2 amide bonds. The van der Waals surface area contributed by atoms with Gasteiger partial charge in [0.15, 0.2) is 6.10 Å². The average molecular weight is 391 g/mol. The lowest BCUT2D eigenvalue weighted by Gasteiger charge is -2.20. The minimum absolute atomic E-state index is 0.311. The van der Waals surface area contributed by atoms with E-state index in [4.69, 9.17) is 10.5 Å². The summed E-state index contributed by atoms with van der Waals surface area (Å²) in [5.74, 6) is -0.992. The van der Waals surface area contributed by atoms with Gasteiger partial charge in [0.1, 0.15) is 6.04 Å². The molecule has 0 saturated carbocycles. The number of benzene rings is 2. The van der Waals surface area contributed by atoms with E-state index in [2.05, 4.69) is 21.2 Å². The maximum Gasteiger partial charge on any atom is 0.254 e. The molecule has 0 aliphatic heterocycles. The normalized spacial score (nSPS) is 13.1. The minimum Gasteiger partial charge on any atom is -0.368 e. The number of nitrogens with two attached hydrogens (primary N) is 1. The maximum atomic E-state index is 12.5. The van der Waals surface area contributed by atoms with Crippen LogP contribution in [-0.2, 0) is 20.7 Å². The first-order chi connectivity index (χ1) is 11.5. The third kappa shape index (κ3) is 4.91. The van der Waals surface area contributed by atoms with Gasteiger partial charge in [-0.25, -0.2) is 0 Å². The summed E-state index contributed by atoms with van der Waals surface area (Å²) in [4.78, 5) is 24.2. The molecule has 0 fully saturated rings. The highest BCUT2D eigenvalue weighted by Crippen LogP contribution is 2.17. The number of rotatable bonds is 7. The zero-order valence-electron chi connectivity index (χ0n) is 13.2. The number of halogens is 1. The number of methoxy groups -OCH3 is 1. The highest BCUT2D eigenvalue weighted by Gasteiger charge is 2.25. The molecule has 0 aliphatic carbocycles. The number of primary amides is 1. The number of nitrogens with one attached hydrogen (secondary N) is 1. The van der Waals surface area contributed by atoms with Crippen LogP contribution in [0.2, 0.25) is 0 Å². The molecule has 3 N–H and O–H groups in total. The van der Waals surface area contributed by atoms with Gasteiger partial charge in [0.2, 0.25) is 5.91 Å². The monoisotopic (exact) mass is 390 g/mol. The highest BCUT2D eigenvalue weighted by molar-refractivity contribution is 9.10. The summed E-state index contributed by atoms with van der Waals surface area (Å²) < 4.78 is 6.17. The van der Waals surface area contributed by atoms with Crippen molar-refractivity contribution in [1.29, 1.82) is 0 Å². The van der Waals surface area contributed by atoms with Crippen LogP contribution in [0.5, 0.6) is 0 Å². The smallest absolute Gasteiger partial charge is 0.254 e. The summed E-state index contributed by atoms with van der Waals surface area (Å²) >= 11 is 3.38. The summed E-state index contributed by atoms with van der Waals surface area (Å²) in [6.45, 7) is 0.